The van der Waals surface area contributed by atoms with E-state index in [0.29, 0.717) is 30.2 Å². The van der Waals surface area contributed by atoms with Crippen LogP contribution in [0.4, 0.5) is 9.93 Å². The Hall–Kier alpha value is -1.92. The van der Waals surface area contributed by atoms with Gasteiger partial charge in [-0.3, -0.25) is 5.32 Å². The van der Waals surface area contributed by atoms with E-state index in [-0.39, 0.29) is 12.1 Å². The van der Waals surface area contributed by atoms with Gasteiger partial charge in [0.1, 0.15) is 0 Å². The topological polar surface area (TPSA) is 54.5 Å². The lowest BCUT2D eigenvalue weighted by Crippen LogP contribution is -2.43. The molecule has 0 saturated carbocycles. The quantitative estimate of drug-likeness (QED) is 0.877. The SMILES string of the molecule is CC(C)C1C(c2ccccc2)CCN1C(=O)Nc1nc2c(s1)COCC2. The summed E-state index contributed by atoms with van der Waals surface area (Å²) in [6.45, 7) is 6.50. The molecule has 138 valence electrons. The number of carbonyl (C=O) groups excluding carboxylic acids is 1. The third-order valence-corrected chi connectivity index (χ3v) is 6.32. The highest BCUT2D eigenvalue weighted by Gasteiger charge is 2.39. The highest BCUT2D eigenvalue weighted by atomic mass is 32.1. The number of nitrogens with one attached hydrogen (secondary N) is 1. The molecule has 6 heteroatoms. The molecule has 2 aromatic rings. The maximum atomic E-state index is 13.0. The molecule has 1 aromatic carbocycles. The number of nitrogens with zero attached hydrogens (tertiary/aromatic N) is 2. The molecule has 4 rings (SSSR count). The monoisotopic (exact) mass is 371 g/mol. The molecule has 0 aliphatic carbocycles. The number of urea groups is 1. The van der Waals surface area contributed by atoms with E-state index < -0.39 is 0 Å². The standard InChI is InChI=1S/C20H25N3O2S/c1-13(2)18-15(14-6-4-3-5-7-14)8-10-23(18)20(24)22-19-21-16-9-11-25-12-17(16)26-19/h3-7,13,15,18H,8-12H2,1-2H3,(H,21,22,24). The van der Waals surface area contributed by atoms with Gasteiger partial charge in [0.2, 0.25) is 0 Å². The molecule has 0 radical (unpaired) electrons. The fourth-order valence-corrected chi connectivity index (χ4v) is 5.12. The third kappa shape index (κ3) is 3.35. The molecule has 5 nitrogen and oxygen atoms in total. The summed E-state index contributed by atoms with van der Waals surface area (Å²) in [4.78, 5) is 20.7. The Morgan fingerprint density at radius 3 is 2.88 bits per heavy atom. The van der Waals surface area contributed by atoms with Gasteiger partial charge in [0.05, 0.1) is 23.8 Å². The number of aromatic nitrogens is 1. The van der Waals surface area contributed by atoms with Crippen LogP contribution in [0, 0.1) is 5.92 Å². The number of hydrogen-bond acceptors (Lipinski definition) is 4. The summed E-state index contributed by atoms with van der Waals surface area (Å²) in [5, 5.41) is 3.73. The Morgan fingerprint density at radius 1 is 1.35 bits per heavy atom. The van der Waals surface area contributed by atoms with Gasteiger partial charge in [0.25, 0.3) is 0 Å². The second kappa shape index (κ2) is 7.37. The van der Waals surface area contributed by atoms with E-state index in [1.807, 2.05) is 11.0 Å². The van der Waals surface area contributed by atoms with Crippen LogP contribution in [-0.2, 0) is 17.8 Å². The van der Waals surface area contributed by atoms with Crippen molar-refractivity contribution in [3.05, 3.63) is 46.5 Å². The van der Waals surface area contributed by atoms with Gasteiger partial charge in [-0.2, -0.15) is 0 Å². The first kappa shape index (κ1) is 17.5. The Labute approximate surface area is 158 Å². The van der Waals surface area contributed by atoms with Crippen molar-refractivity contribution in [2.75, 3.05) is 18.5 Å². The van der Waals surface area contributed by atoms with Crippen LogP contribution in [0.5, 0.6) is 0 Å². The number of anilines is 1. The van der Waals surface area contributed by atoms with Crippen LogP contribution < -0.4 is 5.32 Å². The zero-order chi connectivity index (χ0) is 18.1. The molecule has 1 saturated heterocycles. The second-order valence-electron chi connectivity index (χ2n) is 7.36. The van der Waals surface area contributed by atoms with Crippen molar-refractivity contribution in [3.8, 4) is 0 Å². The summed E-state index contributed by atoms with van der Waals surface area (Å²) in [6.07, 6.45) is 1.83. The number of amides is 2. The smallest absolute Gasteiger partial charge is 0.323 e. The maximum absolute atomic E-state index is 13.0. The van der Waals surface area contributed by atoms with Crippen LogP contribution in [-0.4, -0.2) is 35.1 Å². The van der Waals surface area contributed by atoms with E-state index >= 15 is 0 Å². The van der Waals surface area contributed by atoms with E-state index in [4.69, 9.17) is 4.74 Å². The minimum absolute atomic E-state index is 0.0332. The van der Waals surface area contributed by atoms with E-state index in [0.717, 1.165) is 30.0 Å². The minimum atomic E-state index is -0.0332. The molecule has 2 atom stereocenters. The van der Waals surface area contributed by atoms with Crippen molar-refractivity contribution in [1.29, 1.82) is 0 Å². The van der Waals surface area contributed by atoms with Crippen LogP contribution in [0.2, 0.25) is 0 Å². The first-order valence-electron chi connectivity index (χ1n) is 9.32. The number of carbonyl (C=O) groups is 1. The summed E-state index contributed by atoms with van der Waals surface area (Å²) in [5.41, 5.74) is 2.39. The molecule has 1 fully saturated rings. The van der Waals surface area contributed by atoms with Crippen LogP contribution >= 0.6 is 11.3 Å². The van der Waals surface area contributed by atoms with Gasteiger partial charge < -0.3 is 9.64 Å². The number of likely N-dealkylation sites (tertiary alicyclic amines) is 1. The molecular formula is C20H25N3O2S. The van der Waals surface area contributed by atoms with Crippen LogP contribution in [0.15, 0.2) is 30.3 Å². The predicted molar refractivity (Wildman–Crippen MR) is 104 cm³/mol. The molecule has 1 aromatic heterocycles. The zero-order valence-corrected chi connectivity index (χ0v) is 16.1. The Bertz CT molecular complexity index is 751. The summed E-state index contributed by atoms with van der Waals surface area (Å²) in [6, 6.07) is 10.7. The molecular weight excluding hydrogens is 346 g/mol. The number of ether oxygens (including phenoxy) is 1. The number of rotatable bonds is 3. The van der Waals surface area contributed by atoms with Crippen molar-refractivity contribution in [2.24, 2.45) is 5.92 Å². The maximum Gasteiger partial charge on any atom is 0.323 e. The average Bonchev–Trinajstić information content (AvgIpc) is 3.26. The minimum Gasteiger partial charge on any atom is -0.375 e. The molecule has 1 N–H and O–H groups in total. The number of benzene rings is 1. The number of thiazole rings is 1. The summed E-state index contributed by atoms with van der Waals surface area (Å²) >= 11 is 1.53. The Morgan fingerprint density at radius 2 is 2.15 bits per heavy atom. The molecule has 26 heavy (non-hydrogen) atoms. The molecule has 2 unspecified atom stereocenters. The molecule has 2 amide bonds. The highest BCUT2D eigenvalue weighted by Crippen LogP contribution is 2.38. The van der Waals surface area contributed by atoms with Gasteiger partial charge in [-0.1, -0.05) is 55.5 Å². The van der Waals surface area contributed by atoms with Gasteiger partial charge >= 0.3 is 6.03 Å². The van der Waals surface area contributed by atoms with E-state index in [2.05, 4.69) is 48.4 Å². The van der Waals surface area contributed by atoms with Gasteiger partial charge in [0, 0.05) is 24.9 Å². The van der Waals surface area contributed by atoms with Crippen molar-refractivity contribution < 1.29 is 9.53 Å². The van der Waals surface area contributed by atoms with Gasteiger partial charge in [-0.25, -0.2) is 9.78 Å². The van der Waals surface area contributed by atoms with Crippen LogP contribution in [0.25, 0.3) is 0 Å². The van der Waals surface area contributed by atoms with Crippen LogP contribution in [0.1, 0.15) is 42.3 Å². The van der Waals surface area contributed by atoms with Crippen molar-refractivity contribution in [3.63, 3.8) is 0 Å². The third-order valence-electron chi connectivity index (χ3n) is 5.33. The molecule has 2 aliphatic rings. The van der Waals surface area contributed by atoms with Crippen molar-refractivity contribution in [1.82, 2.24) is 9.88 Å². The van der Waals surface area contributed by atoms with Crippen molar-refractivity contribution >= 4 is 22.5 Å². The van der Waals surface area contributed by atoms with Gasteiger partial charge in [-0.05, 0) is 17.9 Å². The lowest BCUT2D eigenvalue weighted by atomic mass is 9.86. The lowest BCUT2D eigenvalue weighted by molar-refractivity contribution is 0.112. The summed E-state index contributed by atoms with van der Waals surface area (Å²) in [5.74, 6) is 0.784. The fraction of sp³-hybridized carbons (Fsp3) is 0.500. The lowest BCUT2D eigenvalue weighted by Gasteiger charge is -2.31. The molecule has 3 heterocycles. The van der Waals surface area contributed by atoms with E-state index in [9.17, 15) is 4.79 Å². The second-order valence-corrected chi connectivity index (χ2v) is 8.44. The summed E-state index contributed by atoms with van der Waals surface area (Å²) < 4.78 is 5.47. The number of hydrogen-bond donors (Lipinski definition) is 1. The largest absolute Gasteiger partial charge is 0.375 e. The first-order chi connectivity index (χ1) is 12.6. The average molecular weight is 372 g/mol. The van der Waals surface area contributed by atoms with Crippen LogP contribution in [0.3, 0.4) is 0 Å². The van der Waals surface area contributed by atoms with E-state index in [1.54, 1.807) is 0 Å². The molecule has 0 spiro atoms. The first-order valence-corrected chi connectivity index (χ1v) is 10.1. The fourth-order valence-electron chi connectivity index (χ4n) is 4.18. The number of fused-ring (bicyclic) bond motifs is 1. The molecule has 0 bridgehead atoms. The Kier molecular flexibility index (Phi) is 4.96. The van der Waals surface area contributed by atoms with Crippen molar-refractivity contribution in [2.45, 2.75) is 45.3 Å². The Balaban J connectivity index is 1.51. The van der Waals surface area contributed by atoms with Gasteiger partial charge in [0.15, 0.2) is 5.13 Å². The summed E-state index contributed by atoms with van der Waals surface area (Å²) in [7, 11) is 0. The predicted octanol–water partition coefficient (Wildman–Crippen LogP) is 4.26. The molecule has 2 aliphatic heterocycles. The van der Waals surface area contributed by atoms with Gasteiger partial charge in [-0.15, -0.1) is 0 Å². The zero-order valence-electron chi connectivity index (χ0n) is 15.3. The highest BCUT2D eigenvalue weighted by molar-refractivity contribution is 7.15. The normalized spacial score (nSPS) is 22.5. The van der Waals surface area contributed by atoms with E-state index in [1.165, 1.54) is 16.9 Å².